The third-order valence-corrected chi connectivity index (χ3v) is 4.50. The number of benzene rings is 1. The zero-order valence-corrected chi connectivity index (χ0v) is 14.0. The van der Waals surface area contributed by atoms with Gasteiger partial charge in [-0.25, -0.2) is 0 Å². The van der Waals surface area contributed by atoms with Crippen LogP contribution in [-0.4, -0.2) is 26.0 Å². The highest BCUT2D eigenvalue weighted by molar-refractivity contribution is 6.29. The molecule has 0 N–H and O–H groups in total. The number of aromatic nitrogens is 2. The molecule has 0 spiro atoms. The lowest BCUT2D eigenvalue weighted by atomic mass is 9.84. The summed E-state index contributed by atoms with van der Waals surface area (Å²) in [4.78, 5) is 52.7. The number of hydrogen-bond acceptors (Lipinski definition) is 6. The fraction of sp³-hybridized carbons (Fsp3) is 0.0526. The zero-order chi connectivity index (χ0) is 19.3. The summed E-state index contributed by atoms with van der Waals surface area (Å²) in [6, 6.07) is 8.56. The Morgan fingerprint density at radius 3 is 2.44 bits per heavy atom. The van der Waals surface area contributed by atoms with E-state index in [0.29, 0.717) is 0 Å². The zero-order valence-electron chi connectivity index (χ0n) is 14.0. The Morgan fingerprint density at radius 1 is 0.963 bits per heavy atom. The molecule has 1 aliphatic carbocycles. The SMILES string of the molecule is Cn1cc2c(cc1=O)C(=O)c1nccc(-c3ccccc3[N+](=O)[O-])c1C2=O. The third kappa shape index (κ3) is 2.38. The molecule has 0 saturated carbocycles. The van der Waals surface area contributed by atoms with Gasteiger partial charge in [-0.1, -0.05) is 12.1 Å². The molecule has 0 saturated heterocycles. The Balaban J connectivity index is 2.04. The van der Waals surface area contributed by atoms with Crippen molar-refractivity contribution in [1.29, 1.82) is 0 Å². The minimum atomic E-state index is -0.558. The summed E-state index contributed by atoms with van der Waals surface area (Å²) in [5, 5.41) is 11.4. The van der Waals surface area contributed by atoms with Crippen molar-refractivity contribution in [3.05, 3.63) is 91.6 Å². The van der Waals surface area contributed by atoms with Crippen LogP contribution in [0.1, 0.15) is 32.0 Å². The lowest BCUT2D eigenvalue weighted by Crippen LogP contribution is -2.28. The summed E-state index contributed by atoms with van der Waals surface area (Å²) in [6.07, 6.45) is 2.62. The molecule has 0 radical (unpaired) electrons. The maximum atomic E-state index is 13.1. The first-order valence-corrected chi connectivity index (χ1v) is 7.93. The van der Waals surface area contributed by atoms with E-state index in [1.165, 1.54) is 48.3 Å². The van der Waals surface area contributed by atoms with Crippen LogP contribution in [0.3, 0.4) is 0 Å². The third-order valence-electron chi connectivity index (χ3n) is 4.50. The van der Waals surface area contributed by atoms with E-state index in [-0.39, 0.29) is 39.2 Å². The molecule has 3 aromatic rings. The molecule has 0 bridgehead atoms. The molecule has 1 aromatic carbocycles. The lowest BCUT2D eigenvalue weighted by molar-refractivity contribution is -0.384. The predicted octanol–water partition coefficient (Wildman–Crippen LogP) is 2.13. The highest BCUT2D eigenvalue weighted by atomic mass is 16.6. The first kappa shape index (κ1) is 16.5. The normalized spacial score (nSPS) is 12.5. The number of ketones is 2. The fourth-order valence-electron chi connectivity index (χ4n) is 3.21. The van der Waals surface area contributed by atoms with Crippen molar-refractivity contribution in [3.8, 4) is 11.1 Å². The fourth-order valence-corrected chi connectivity index (χ4v) is 3.21. The molecule has 0 atom stereocenters. The van der Waals surface area contributed by atoms with E-state index in [0.717, 1.165) is 6.07 Å². The number of rotatable bonds is 2. The largest absolute Gasteiger partial charge is 0.318 e. The van der Waals surface area contributed by atoms with Gasteiger partial charge in [-0.3, -0.25) is 29.5 Å². The summed E-state index contributed by atoms with van der Waals surface area (Å²) in [5.74, 6) is -1.06. The molecule has 27 heavy (non-hydrogen) atoms. The molecule has 2 aromatic heterocycles. The van der Waals surface area contributed by atoms with Crippen molar-refractivity contribution < 1.29 is 14.5 Å². The Morgan fingerprint density at radius 2 is 1.70 bits per heavy atom. The number of nitro benzene ring substituents is 1. The van der Waals surface area contributed by atoms with Crippen LogP contribution >= 0.6 is 0 Å². The summed E-state index contributed by atoms with van der Waals surface area (Å²) in [7, 11) is 1.47. The van der Waals surface area contributed by atoms with E-state index >= 15 is 0 Å². The maximum Gasteiger partial charge on any atom is 0.277 e. The average Bonchev–Trinajstić information content (AvgIpc) is 2.67. The van der Waals surface area contributed by atoms with E-state index < -0.39 is 22.0 Å². The Bertz CT molecular complexity index is 1230. The molecule has 0 amide bonds. The smallest absolute Gasteiger partial charge is 0.277 e. The molecule has 132 valence electrons. The van der Waals surface area contributed by atoms with Crippen molar-refractivity contribution >= 4 is 17.3 Å². The van der Waals surface area contributed by atoms with Gasteiger partial charge >= 0.3 is 0 Å². The molecule has 2 heterocycles. The van der Waals surface area contributed by atoms with Crippen LogP contribution in [0, 0.1) is 10.1 Å². The molecule has 4 rings (SSSR count). The summed E-state index contributed by atoms with van der Waals surface area (Å²) in [6.45, 7) is 0. The quantitative estimate of drug-likeness (QED) is 0.399. The van der Waals surface area contributed by atoms with Gasteiger partial charge in [0.05, 0.1) is 21.6 Å². The molecule has 8 nitrogen and oxygen atoms in total. The van der Waals surface area contributed by atoms with Crippen LogP contribution in [0.5, 0.6) is 0 Å². The Hall–Kier alpha value is -3.94. The van der Waals surface area contributed by atoms with E-state index in [1.54, 1.807) is 6.07 Å². The topological polar surface area (TPSA) is 112 Å². The highest BCUT2D eigenvalue weighted by Gasteiger charge is 2.35. The Labute approximate surface area is 151 Å². The van der Waals surface area contributed by atoms with Gasteiger partial charge in [0.25, 0.3) is 11.2 Å². The van der Waals surface area contributed by atoms with Gasteiger partial charge in [-0.15, -0.1) is 0 Å². The first-order valence-electron chi connectivity index (χ1n) is 7.93. The van der Waals surface area contributed by atoms with Crippen molar-refractivity contribution in [2.75, 3.05) is 0 Å². The van der Waals surface area contributed by atoms with E-state index in [9.17, 15) is 24.5 Å². The number of fused-ring (bicyclic) bond motifs is 2. The van der Waals surface area contributed by atoms with Crippen LogP contribution in [0.25, 0.3) is 11.1 Å². The molecular weight excluding hydrogens is 350 g/mol. The first-order chi connectivity index (χ1) is 12.9. The number of para-hydroxylation sites is 1. The lowest BCUT2D eigenvalue weighted by Gasteiger charge is -2.19. The van der Waals surface area contributed by atoms with Crippen LogP contribution in [-0.2, 0) is 7.05 Å². The molecule has 0 unspecified atom stereocenters. The Kier molecular flexibility index (Phi) is 3.55. The van der Waals surface area contributed by atoms with Gasteiger partial charge < -0.3 is 4.57 Å². The predicted molar refractivity (Wildman–Crippen MR) is 94.9 cm³/mol. The number of aryl methyl sites for hydroxylation is 1. The minimum Gasteiger partial charge on any atom is -0.318 e. The standard InChI is InChI=1S/C19H11N3O5/c1-21-9-13-12(8-15(21)23)19(25)17-16(18(13)24)11(6-7-20-17)10-4-2-3-5-14(10)22(26)27/h2-9H,1H3. The number of nitro groups is 1. The second-order valence-electron chi connectivity index (χ2n) is 6.06. The number of carbonyl (C=O) groups excluding carboxylic acids is 2. The van der Waals surface area contributed by atoms with Gasteiger partial charge in [0, 0.05) is 42.7 Å². The van der Waals surface area contributed by atoms with E-state index in [1.807, 2.05) is 0 Å². The van der Waals surface area contributed by atoms with Gasteiger partial charge in [0.15, 0.2) is 5.78 Å². The van der Waals surface area contributed by atoms with Gasteiger partial charge in [0.1, 0.15) is 5.69 Å². The average molecular weight is 361 g/mol. The molecule has 8 heteroatoms. The van der Waals surface area contributed by atoms with Crippen LogP contribution in [0.15, 0.2) is 53.6 Å². The van der Waals surface area contributed by atoms with Crippen molar-refractivity contribution in [1.82, 2.24) is 9.55 Å². The summed E-state index contributed by atoms with van der Waals surface area (Å²) in [5.41, 5.74) is -0.184. The highest BCUT2D eigenvalue weighted by Crippen LogP contribution is 2.36. The van der Waals surface area contributed by atoms with Crippen molar-refractivity contribution in [2.24, 2.45) is 7.05 Å². The molecule has 0 aliphatic heterocycles. The minimum absolute atomic E-state index is 0.00273. The number of nitrogens with zero attached hydrogens (tertiary/aromatic N) is 3. The number of hydrogen-bond donors (Lipinski definition) is 0. The van der Waals surface area contributed by atoms with Crippen molar-refractivity contribution in [2.45, 2.75) is 0 Å². The second kappa shape index (κ2) is 5.80. The van der Waals surface area contributed by atoms with Crippen LogP contribution < -0.4 is 5.56 Å². The molecule has 1 aliphatic rings. The molecule has 0 fully saturated rings. The van der Waals surface area contributed by atoms with Gasteiger partial charge in [0.2, 0.25) is 5.78 Å². The van der Waals surface area contributed by atoms with Gasteiger partial charge in [-0.2, -0.15) is 0 Å². The summed E-state index contributed by atoms with van der Waals surface area (Å²) >= 11 is 0. The summed E-state index contributed by atoms with van der Waals surface area (Å²) < 4.78 is 1.20. The number of pyridine rings is 2. The second-order valence-corrected chi connectivity index (χ2v) is 6.06. The van der Waals surface area contributed by atoms with E-state index in [4.69, 9.17) is 0 Å². The molecular formula is C19H11N3O5. The van der Waals surface area contributed by atoms with Crippen molar-refractivity contribution in [3.63, 3.8) is 0 Å². The number of carbonyl (C=O) groups is 2. The van der Waals surface area contributed by atoms with Crippen LogP contribution in [0.2, 0.25) is 0 Å². The van der Waals surface area contributed by atoms with Crippen LogP contribution in [0.4, 0.5) is 5.69 Å². The monoisotopic (exact) mass is 361 g/mol. The maximum absolute atomic E-state index is 13.1. The van der Waals surface area contributed by atoms with Gasteiger partial charge in [-0.05, 0) is 12.1 Å². The van der Waals surface area contributed by atoms with E-state index in [2.05, 4.69) is 4.98 Å².